The van der Waals surface area contributed by atoms with Crippen molar-refractivity contribution < 1.29 is 0 Å². The molecule has 1 aromatic heterocycles. The number of hydrogen-bond donors (Lipinski definition) is 1. The number of alkyl halides is 1. The minimum Gasteiger partial charge on any atom is -0.271 e. The van der Waals surface area contributed by atoms with E-state index in [2.05, 4.69) is 10.1 Å². The van der Waals surface area contributed by atoms with E-state index in [1.807, 2.05) is 19.1 Å². The quantitative estimate of drug-likeness (QED) is 0.686. The lowest BCUT2D eigenvalue weighted by atomic mass is 9.92. The molecular formula is C17H12Cl3N3O2. The first-order valence-corrected chi connectivity index (χ1v) is 8.36. The van der Waals surface area contributed by atoms with Gasteiger partial charge in [-0.2, -0.15) is 9.78 Å². The highest BCUT2D eigenvalue weighted by atomic mass is 35.5. The van der Waals surface area contributed by atoms with Crippen LogP contribution in [0.3, 0.4) is 0 Å². The van der Waals surface area contributed by atoms with E-state index >= 15 is 0 Å². The minimum absolute atomic E-state index is 0.366. The van der Waals surface area contributed by atoms with Crippen LogP contribution in [-0.2, 0) is 4.87 Å². The van der Waals surface area contributed by atoms with Gasteiger partial charge < -0.3 is 0 Å². The van der Waals surface area contributed by atoms with Crippen molar-refractivity contribution in [3.05, 3.63) is 90.7 Å². The van der Waals surface area contributed by atoms with Crippen LogP contribution in [0.2, 0.25) is 10.0 Å². The van der Waals surface area contributed by atoms with Gasteiger partial charge in [0.05, 0.1) is 10.6 Å². The molecule has 0 aliphatic rings. The maximum atomic E-state index is 11.9. The third kappa shape index (κ3) is 3.49. The molecule has 0 aliphatic carbocycles. The van der Waals surface area contributed by atoms with E-state index in [9.17, 15) is 9.59 Å². The van der Waals surface area contributed by atoms with Crippen LogP contribution in [0.25, 0.3) is 5.69 Å². The molecule has 0 saturated heterocycles. The number of H-pyrrole nitrogens is 1. The Kier molecular flexibility index (Phi) is 4.73. The molecule has 0 saturated carbocycles. The maximum absolute atomic E-state index is 11.9. The molecule has 2 aromatic carbocycles. The van der Waals surface area contributed by atoms with Gasteiger partial charge in [0.2, 0.25) is 0 Å². The Morgan fingerprint density at radius 2 is 1.76 bits per heavy atom. The fourth-order valence-electron chi connectivity index (χ4n) is 2.47. The Labute approximate surface area is 157 Å². The summed E-state index contributed by atoms with van der Waals surface area (Å²) in [6, 6.07) is 12.1. The van der Waals surface area contributed by atoms with Crippen LogP contribution in [-0.4, -0.2) is 14.8 Å². The molecule has 0 fully saturated rings. The van der Waals surface area contributed by atoms with Crippen LogP contribution in [0.1, 0.15) is 18.1 Å². The molecule has 1 atom stereocenters. The number of aromatic amines is 1. The second kappa shape index (κ2) is 6.67. The van der Waals surface area contributed by atoms with Gasteiger partial charge in [0.25, 0.3) is 5.56 Å². The van der Waals surface area contributed by atoms with Gasteiger partial charge in [0.1, 0.15) is 6.20 Å². The molecule has 0 bridgehead atoms. The molecule has 128 valence electrons. The Morgan fingerprint density at radius 1 is 1.08 bits per heavy atom. The lowest BCUT2D eigenvalue weighted by molar-refractivity contribution is 0.747. The molecule has 0 amide bonds. The molecule has 5 nitrogen and oxygen atoms in total. The summed E-state index contributed by atoms with van der Waals surface area (Å²) >= 11 is 19.1. The molecule has 25 heavy (non-hydrogen) atoms. The molecule has 3 rings (SSSR count). The Balaban J connectivity index is 2.06. The molecular weight excluding hydrogens is 385 g/mol. The summed E-state index contributed by atoms with van der Waals surface area (Å²) in [7, 11) is 0. The van der Waals surface area contributed by atoms with Gasteiger partial charge in [-0.25, -0.2) is 4.79 Å². The second-order valence-corrected chi connectivity index (χ2v) is 7.12. The van der Waals surface area contributed by atoms with Crippen molar-refractivity contribution in [3.8, 4) is 5.69 Å². The molecule has 8 heteroatoms. The van der Waals surface area contributed by atoms with Gasteiger partial charge >= 0.3 is 5.69 Å². The van der Waals surface area contributed by atoms with E-state index in [0.717, 1.165) is 16.4 Å². The first kappa shape index (κ1) is 17.7. The topological polar surface area (TPSA) is 67.8 Å². The summed E-state index contributed by atoms with van der Waals surface area (Å²) in [5.41, 5.74) is 0.688. The molecule has 0 spiro atoms. The highest BCUT2D eigenvalue weighted by Gasteiger charge is 2.28. The van der Waals surface area contributed by atoms with Gasteiger partial charge in [-0.05, 0) is 42.3 Å². The maximum Gasteiger partial charge on any atom is 0.349 e. The number of nitrogens with zero attached hydrogens (tertiary/aromatic N) is 2. The number of rotatable bonds is 3. The van der Waals surface area contributed by atoms with Crippen molar-refractivity contribution in [3.63, 3.8) is 0 Å². The average molecular weight is 397 g/mol. The summed E-state index contributed by atoms with van der Waals surface area (Å²) in [4.78, 5) is 24.2. The SMILES string of the molecule is CC(Cl)(c1ccc(Cl)cc1)c1ccc(-n2ncc(=O)[nH]c2=O)cc1Cl. The zero-order chi connectivity index (χ0) is 18.2. The van der Waals surface area contributed by atoms with Gasteiger partial charge in [-0.3, -0.25) is 9.78 Å². The van der Waals surface area contributed by atoms with Crippen LogP contribution in [0, 0.1) is 0 Å². The minimum atomic E-state index is -0.885. The molecule has 0 radical (unpaired) electrons. The Hall–Kier alpha value is -2.08. The van der Waals surface area contributed by atoms with E-state index in [4.69, 9.17) is 34.8 Å². The number of hydrogen-bond acceptors (Lipinski definition) is 3. The molecule has 0 aliphatic heterocycles. The molecule has 3 aromatic rings. The number of nitrogens with one attached hydrogen (secondary N) is 1. The summed E-state index contributed by atoms with van der Waals surface area (Å²) in [6.07, 6.45) is 1.02. The smallest absolute Gasteiger partial charge is 0.271 e. The van der Waals surface area contributed by atoms with Crippen molar-refractivity contribution in [2.75, 3.05) is 0 Å². The first-order chi connectivity index (χ1) is 11.8. The predicted molar refractivity (Wildman–Crippen MR) is 99.2 cm³/mol. The first-order valence-electron chi connectivity index (χ1n) is 7.23. The number of benzene rings is 2. The molecule has 1 N–H and O–H groups in total. The van der Waals surface area contributed by atoms with Crippen LogP contribution in [0.15, 0.2) is 58.3 Å². The third-order valence-corrected chi connectivity index (χ3v) is 4.79. The second-order valence-electron chi connectivity index (χ2n) is 5.52. The fraction of sp³-hybridized carbons (Fsp3) is 0.118. The van der Waals surface area contributed by atoms with Gasteiger partial charge in [0.15, 0.2) is 0 Å². The lowest BCUT2D eigenvalue weighted by Gasteiger charge is -2.25. The van der Waals surface area contributed by atoms with Crippen LogP contribution in [0.4, 0.5) is 0 Å². The van der Waals surface area contributed by atoms with Crippen molar-refractivity contribution in [2.24, 2.45) is 0 Å². The third-order valence-electron chi connectivity index (χ3n) is 3.80. The largest absolute Gasteiger partial charge is 0.349 e. The highest BCUT2D eigenvalue weighted by molar-refractivity contribution is 6.34. The predicted octanol–water partition coefficient (Wildman–Crippen LogP) is 3.73. The fourth-order valence-corrected chi connectivity index (χ4v) is 3.30. The standard InChI is InChI=1S/C17H12Cl3N3O2/c1-17(20,10-2-4-11(18)5-3-10)13-7-6-12(8-14(13)19)23-16(25)22-15(24)9-21-23/h2-9H,1H3,(H,22,24,25). The van der Waals surface area contributed by atoms with Crippen molar-refractivity contribution >= 4 is 34.8 Å². The Bertz CT molecular complexity index is 1040. The lowest BCUT2D eigenvalue weighted by Crippen LogP contribution is -2.30. The number of halogens is 3. The van der Waals surface area contributed by atoms with Crippen LogP contribution >= 0.6 is 34.8 Å². The summed E-state index contributed by atoms with van der Waals surface area (Å²) in [6.45, 7) is 1.82. The van der Waals surface area contributed by atoms with Crippen molar-refractivity contribution in [2.45, 2.75) is 11.8 Å². The van der Waals surface area contributed by atoms with Crippen LogP contribution < -0.4 is 11.2 Å². The summed E-state index contributed by atoms with van der Waals surface area (Å²) < 4.78 is 1.05. The Morgan fingerprint density at radius 3 is 2.36 bits per heavy atom. The summed E-state index contributed by atoms with van der Waals surface area (Å²) in [5.74, 6) is 0. The van der Waals surface area contributed by atoms with Gasteiger partial charge in [-0.1, -0.05) is 41.4 Å². The zero-order valence-corrected chi connectivity index (χ0v) is 15.2. The van der Waals surface area contributed by atoms with E-state index < -0.39 is 16.1 Å². The zero-order valence-electron chi connectivity index (χ0n) is 13.0. The highest BCUT2D eigenvalue weighted by Crippen LogP contribution is 2.40. The number of aromatic nitrogens is 3. The van der Waals surface area contributed by atoms with E-state index in [-0.39, 0.29) is 0 Å². The van der Waals surface area contributed by atoms with E-state index in [1.165, 1.54) is 0 Å². The average Bonchev–Trinajstić information content (AvgIpc) is 2.55. The van der Waals surface area contributed by atoms with Crippen molar-refractivity contribution in [1.29, 1.82) is 0 Å². The monoisotopic (exact) mass is 395 g/mol. The van der Waals surface area contributed by atoms with E-state index in [1.54, 1.807) is 30.3 Å². The molecule has 1 heterocycles. The summed E-state index contributed by atoms with van der Waals surface area (Å²) in [5, 5.41) is 4.78. The van der Waals surface area contributed by atoms with E-state index in [0.29, 0.717) is 21.3 Å². The van der Waals surface area contributed by atoms with Gasteiger partial charge in [0, 0.05) is 10.0 Å². The normalized spacial score (nSPS) is 13.4. The molecule has 1 unspecified atom stereocenters. The van der Waals surface area contributed by atoms with Crippen molar-refractivity contribution in [1.82, 2.24) is 14.8 Å². The van der Waals surface area contributed by atoms with Crippen LogP contribution in [0.5, 0.6) is 0 Å². The van der Waals surface area contributed by atoms with Gasteiger partial charge in [-0.15, -0.1) is 11.6 Å².